The Bertz CT molecular complexity index is 778. The molecule has 11 nitrogen and oxygen atoms in total. The lowest BCUT2D eigenvalue weighted by Crippen LogP contribution is -2.41. The van der Waals surface area contributed by atoms with E-state index < -0.39 is 17.9 Å². The van der Waals surface area contributed by atoms with E-state index in [4.69, 9.17) is 9.47 Å². The van der Waals surface area contributed by atoms with Crippen molar-refractivity contribution in [3.05, 3.63) is 12.2 Å². The molecule has 0 aromatic rings. The van der Waals surface area contributed by atoms with Gasteiger partial charge >= 0.3 is 0 Å². The predicted octanol–water partition coefficient (Wildman–Crippen LogP) is 0.844. The topological polar surface area (TPSA) is 148 Å². The maximum absolute atomic E-state index is 12.7. The lowest BCUT2D eigenvalue weighted by molar-refractivity contribution is -0.137. The highest BCUT2D eigenvalue weighted by molar-refractivity contribution is 6.12. The molecule has 0 fully saturated rings. The maximum atomic E-state index is 12.7. The first-order valence-corrected chi connectivity index (χ1v) is 12.4. The highest BCUT2D eigenvalue weighted by atomic mass is 16.5. The van der Waals surface area contributed by atoms with Crippen LogP contribution in [0.1, 0.15) is 64.7 Å². The Labute approximate surface area is 212 Å². The molecule has 4 amide bonds. The molecule has 0 unspecified atom stereocenters. The SMILES string of the molecule is COCCOCC(=O)NCCCC[C@H](NC(=O)CCCN1C(=O)C=CC1=O)C(=O)CCCCC(C)=O. The first-order valence-electron chi connectivity index (χ1n) is 12.4. The molecule has 0 aromatic carbocycles. The van der Waals surface area contributed by atoms with Crippen molar-refractivity contribution < 1.29 is 38.2 Å². The number of imide groups is 1. The molecule has 11 heteroatoms. The molecule has 0 radical (unpaired) electrons. The minimum atomic E-state index is -0.667. The van der Waals surface area contributed by atoms with Gasteiger partial charge in [0.15, 0.2) is 5.78 Å². The smallest absolute Gasteiger partial charge is 0.253 e. The van der Waals surface area contributed by atoms with Gasteiger partial charge in [0.2, 0.25) is 11.8 Å². The molecule has 1 aliphatic heterocycles. The normalized spacial score (nSPS) is 13.7. The van der Waals surface area contributed by atoms with E-state index in [2.05, 4.69) is 10.6 Å². The van der Waals surface area contributed by atoms with Crippen LogP contribution in [0.15, 0.2) is 12.2 Å². The Morgan fingerprint density at radius 2 is 1.58 bits per heavy atom. The van der Waals surface area contributed by atoms with Crippen LogP contribution in [0.2, 0.25) is 0 Å². The number of Topliss-reactive ketones (excluding diaryl/α,β-unsaturated/α-hetero) is 2. The fourth-order valence-electron chi connectivity index (χ4n) is 3.54. The van der Waals surface area contributed by atoms with E-state index in [1.165, 1.54) is 19.1 Å². The molecule has 1 rings (SSSR count). The molecule has 0 spiro atoms. The minimum Gasteiger partial charge on any atom is -0.382 e. The monoisotopic (exact) mass is 509 g/mol. The van der Waals surface area contributed by atoms with Crippen LogP contribution in [0.5, 0.6) is 0 Å². The standard InChI is InChI=1S/C25H39N3O8/c1-19(29)8-3-4-10-21(30)20(9-5-6-14-26-23(32)18-36-17-16-35-2)27-22(31)11-7-15-28-24(33)12-13-25(28)34/h12-13,20H,3-11,14-18H2,1-2H3,(H,26,32)(H,27,31)/t20-/m0/s1. The molecule has 0 aliphatic carbocycles. The summed E-state index contributed by atoms with van der Waals surface area (Å²) in [5.74, 6) is -1.38. The van der Waals surface area contributed by atoms with Crippen molar-refractivity contribution in [2.45, 2.75) is 70.8 Å². The van der Waals surface area contributed by atoms with E-state index in [0.717, 1.165) is 4.90 Å². The molecule has 2 N–H and O–H groups in total. The van der Waals surface area contributed by atoms with Crippen LogP contribution in [0.4, 0.5) is 0 Å². The van der Waals surface area contributed by atoms with E-state index in [1.54, 1.807) is 7.11 Å². The van der Waals surface area contributed by atoms with Crippen LogP contribution in [0.25, 0.3) is 0 Å². The van der Waals surface area contributed by atoms with Gasteiger partial charge in [-0.3, -0.25) is 28.9 Å². The fourth-order valence-corrected chi connectivity index (χ4v) is 3.54. The van der Waals surface area contributed by atoms with Gasteiger partial charge in [-0.05, 0) is 45.4 Å². The Morgan fingerprint density at radius 3 is 2.25 bits per heavy atom. The summed E-state index contributed by atoms with van der Waals surface area (Å²) in [5, 5.41) is 5.52. The molecular formula is C25H39N3O8. The zero-order valence-electron chi connectivity index (χ0n) is 21.3. The molecule has 1 aliphatic rings. The van der Waals surface area contributed by atoms with Gasteiger partial charge in [0, 0.05) is 51.6 Å². The van der Waals surface area contributed by atoms with E-state index in [1.807, 2.05) is 0 Å². The van der Waals surface area contributed by atoms with Gasteiger partial charge in [-0.25, -0.2) is 0 Å². The average Bonchev–Trinajstić information content (AvgIpc) is 3.15. The van der Waals surface area contributed by atoms with Crippen LogP contribution in [0.3, 0.4) is 0 Å². The lowest BCUT2D eigenvalue weighted by Gasteiger charge is -2.19. The molecular weight excluding hydrogens is 470 g/mol. The second kappa shape index (κ2) is 18.4. The van der Waals surface area contributed by atoms with Crippen molar-refractivity contribution in [3.63, 3.8) is 0 Å². The summed E-state index contributed by atoms with van der Waals surface area (Å²) >= 11 is 0. The summed E-state index contributed by atoms with van der Waals surface area (Å²) in [7, 11) is 1.55. The summed E-state index contributed by atoms with van der Waals surface area (Å²) in [4.78, 5) is 72.3. The third-order valence-corrected chi connectivity index (χ3v) is 5.52. The number of methoxy groups -OCH3 is 1. The second-order valence-electron chi connectivity index (χ2n) is 8.65. The van der Waals surface area contributed by atoms with Gasteiger partial charge in [-0.2, -0.15) is 0 Å². The first kappa shape index (κ1) is 31.1. The quantitative estimate of drug-likeness (QED) is 0.171. The fraction of sp³-hybridized carbons (Fsp3) is 0.680. The number of hydrogen-bond donors (Lipinski definition) is 2. The predicted molar refractivity (Wildman–Crippen MR) is 131 cm³/mol. The molecule has 0 saturated carbocycles. The molecule has 36 heavy (non-hydrogen) atoms. The van der Waals surface area contributed by atoms with Gasteiger partial charge in [0.1, 0.15) is 12.4 Å². The number of carbonyl (C=O) groups is 6. The molecule has 1 heterocycles. The van der Waals surface area contributed by atoms with Gasteiger partial charge in [-0.15, -0.1) is 0 Å². The van der Waals surface area contributed by atoms with E-state index in [0.29, 0.717) is 64.7 Å². The summed E-state index contributed by atoms with van der Waals surface area (Å²) in [6.07, 6.45) is 6.27. The number of unbranched alkanes of at least 4 members (excludes halogenated alkanes) is 2. The summed E-state index contributed by atoms with van der Waals surface area (Å²) < 4.78 is 9.99. The van der Waals surface area contributed by atoms with Crippen molar-refractivity contribution in [1.82, 2.24) is 15.5 Å². The second-order valence-corrected chi connectivity index (χ2v) is 8.65. The maximum Gasteiger partial charge on any atom is 0.253 e. The van der Waals surface area contributed by atoms with Crippen molar-refractivity contribution in [3.8, 4) is 0 Å². The zero-order valence-corrected chi connectivity index (χ0v) is 21.3. The summed E-state index contributed by atoms with van der Waals surface area (Å²) in [5.41, 5.74) is 0. The zero-order chi connectivity index (χ0) is 26.8. The third-order valence-electron chi connectivity index (χ3n) is 5.52. The van der Waals surface area contributed by atoms with Crippen LogP contribution < -0.4 is 10.6 Å². The van der Waals surface area contributed by atoms with E-state index in [9.17, 15) is 28.8 Å². The number of carbonyl (C=O) groups excluding carboxylic acids is 6. The molecule has 0 saturated heterocycles. The summed E-state index contributed by atoms with van der Waals surface area (Å²) in [6, 6.07) is -0.667. The number of rotatable bonds is 21. The van der Waals surface area contributed by atoms with E-state index >= 15 is 0 Å². The average molecular weight is 510 g/mol. The number of amides is 4. The molecule has 1 atom stereocenters. The van der Waals surface area contributed by atoms with Gasteiger partial charge in [0.05, 0.1) is 19.3 Å². The minimum absolute atomic E-state index is 0.0501. The van der Waals surface area contributed by atoms with Crippen molar-refractivity contribution >= 4 is 35.2 Å². The molecule has 0 bridgehead atoms. The van der Waals surface area contributed by atoms with Crippen molar-refractivity contribution in [1.29, 1.82) is 0 Å². The third kappa shape index (κ3) is 13.8. The van der Waals surface area contributed by atoms with Gasteiger partial charge in [0.25, 0.3) is 11.8 Å². The van der Waals surface area contributed by atoms with Crippen LogP contribution in [0, 0.1) is 0 Å². The number of nitrogens with one attached hydrogen (secondary N) is 2. The summed E-state index contributed by atoms with van der Waals surface area (Å²) in [6.45, 7) is 2.76. The van der Waals surface area contributed by atoms with Crippen LogP contribution in [-0.2, 0) is 38.2 Å². The van der Waals surface area contributed by atoms with E-state index in [-0.39, 0.29) is 49.4 Å². The number of ether oxygens (including phenoxy) is 2. The lowest BCUT2D eigenvalue weighted by atomic mass is 9.99. The molecule has 202 valence electrons. The van der Waals surface area contributed by atoms with Crippen molar-refractivity contribution in [2.24, 2.45) is 0 Å². The van der Waals surface area contributed by atoms with Gasteiger partial charge in [-0.1, -0.05) is 0 Å². The molecule has 0 aromatic heterocycles. The van der Waals surface area contributed by atoms with Crippen LogP contribution >= 0.6 is 0 Å². The Hall–Kier alpha value is -2.92. The number of hydrogen-bond acceptors (Lipinski definition) is 8. The Kier molecular flexibility index (Phi) is 15.9. The number of ketones is 2. The largest absolute Gasteiger partial charge is 0.382 e. The Morgan fingerprint density at radius 1 is 0.889 bits per heavy atom. The first-order chi connectivity index (χ1) is 17.2. The van der Waals surface area contributed by atoms with Crippen molar-refractivity contribution in [2.75, 3.05) is 40.0 Å². The number of nitrogens with zero attached hydrogens (tertiary/aromatic N) is 1. The van der Waals surface area contributed by atoms with Crippen LogP contribution in [-0.4, -0.2) is 86.2 Å². The highest BCUT2D eigenvalue weighted by Gasteiger charge is 2.24. The highest BCUT2D eigenvalue weighted by Crippen LogP contribution is 2.10. The van der Waals surface area contributed by atoms with Gasteiger partial charge < -0.3 is 24.9 Å². The Balaban J connectivity index is 2.42.